The van der Waals surface area contributed by atoms with E-state index in [0.717, 1.165) is 4.47 Å². The zero-order valence-corrected chi connectivity index (χ0v) is 11.4. The minimum Gasteiger partial charge on any atom is -0.508 e. The van der Waals surface area contributed by atoms with Gasteiger partial charge in [-0.15, -0.1) is 0 Å². The maximum Gasteiger partial charge on any atom is 0.320 e. The van der Waals surface area contributed by atoms with Crippen molar-refractivity contribution in [2.45, 2.75) is 26.4 Å². The van der Waals surface area contributed by atoms with Crippen LogP contribution < -0.4 is 5.32 Å². The average Bonchev–Trinajstić information content (AvgIpc) is 2.22. The number of aromatic hydroxyl groups is 1. The molecule has 0 aromatic heterocycles. The third kappa shape index (κ3) is 4.02. The van der Waals surface area contributed by atoms with Crippen molar-refractivity contribution in [3.8, 4) is 5.75 Å². The molecule has 0 amide bonds. The van der Waals surface area contributed by atoms with E-state index in [-0.39, 0.29) is 11.7 Å². The number of phenols is 1. The molecule has 1 aromatic rings. The van der Waals surface area contributed by atoms with Crippen molar-refractivity contribution in [1.29, 1.82) is 0 Å². The van der Waals surface area contributed by atoms with Gasteiger partial charge in [0, 0.05) is 16.6 Å². The van der Waals surface area contributed by atoms with E-state index in [9.17, 15) is 9.90 Å². The fourth-order valence-corrected chi connectivity index (χ4v) is 1.93. The Hall–Kier alpha value is -1.07. The molecule has 1 rings (SSSR count). The molecule has 3 N–H and O–H groups in total. The first kappa shape index (κ1) is 14.0. The molecule has 0 saturated heterocycles. The molecule has 0 unspecified atom stereocenters. The maximum absolute atomic E-state index is 11.0. The van der Waals surface area contributed by atoms with Crippen LogP contribution in [0.25, 0.3) is 0 Å². The Kier molecular flexibility index (Phi) is 4.96. The van der Waals surface area contributed by atoms with Crippen molar-refractivity contribution < 1.29 is 15.0 Å². The van der Waals surface area contributed by atoms with E-state index in [1.807, 2.05) is 13.8 Å². The lowest BCUT2D eigenvalue weighted by Gasteiger charge is -2.18. The van der Waals surface area contributed by atoms with Gasteiger partial charge in [-0.2, -0.15) is 0 Å². The predicted octanol–water partition coefficient (Wildman–Crippen LogP) is 2.35. The van der Waals surface area contributed by atoms with Crippen LogP contribution in [0.15, 0.2) is 22.7 Å². The van der Waals surface area contributed by atoms with Crippen molar-refractivity contribution in [2.75, 3.05) is 0 Å². The zero-order valence-electron chi connectivity index (χ0n) is 9.77. The van der Waals surface area contributed by atoms with E-state index in [4.69, 9.17) is 5.11 Å². The van der Waals surface area contributed by atoms with Crippen molar-refractivity contribution in [2.24, 2.45) is 5.92 Å². The maximum atomic E-state index is 11.0. The molecule has 1 aromatic carbocycles. The van der Waals surface area contributed by atoms with Crippen LogP contribution in [0.1, 0.15) is 19.4 Å². The quantitative estimate of drug-likeness (QED) is 0.781. The van der Waals surface area contributed by atoms with E-state index in [1.165, 1.54) is 0 Å². The number of carbonyl (C=O) groups is 1. The Balaban J connectivity index is 2.72. The summed E-state index contributed by atoms with van der Waals surface area (Å²) in [6.07, 6.45) is 0. The van der Waals surface area contributed by atoms with Crippen molar-refractivity contribution in [1.82, 2.24) is 5.32 Å². The van der Waals surface area contributed by atoms with Crippen LogP contribution in [-0.4, -0.2) is 22.2 Å². The van der Waals surface area contributed by atoms with Crippen LogP contribution in [-0.2, 0) is 11.3 Å². The smallest absolute Gasteiger partial charge is 0.320 e. The van der Waals surface area contributed by atoms with Gasteiger partial charge in [-0.1, -0.05) is 29.8 Å². The number of hydrogen-bond acceptors (Lipinski definition) is 3. The van der Waals surface area contributed by atoms with Gasteiger partial charge in [0.2, 0.25) is 0 Å². The first-order valence-electron chi connectivity index (χ1n) is 5.35. The Morgan fingerprint density at radius 2 is 2.12 bits per heavy atom. The number of carboxylic acid groups (broad SMARTS) is 1. The van der Waals surface area contributed by atoms with Crippen LogP contribution in [0.3, 0.4) is 0 Å². The highest BCUT2D eigenvalue weighted by Crippen LogP contribution is 2.21. The zero-order chi connectivity index (χ0) is 13.0. The summed E-state index contributed by atoms with van der Waals surface area (Å²) < 4.78 is 0.850. The number of carboxylic acids is 1. The van der Waals surface area contributed by atoms with Gasteiger partial charge in [0.15, 0.2) is 0 Å². The molecule has 17 heavy (non-hydrogen) atoms. The molecule has 4 nitrogen and oxygen atoms in total. The summed E-state index contributed by atoms with van der Waals surface area (Å²) in [5.41, 5.74) is 0.672. The summed E-state index contributed by atoms with van der Waals surface area (Å²) in [5, 5.41) is 21.6. The second-order valence-electron chi connectivity index (χ2n) is 4.21. The second-order valence-corrected chi connectivity index (χ2v) is 5.13. The average molecular weight is 302 g/mol. The summed E-state index contributed by atoms with van der Waals surface area (Å²) in [5.74, 6) is -0.732. The highest BCUT2D eigenvalue weighted by atomic mass is 79.9. The molecule has 0 aliphatic carbocycles. The number of hydrogen-bond donors (Lipinski definition) is 3. The molecule has 94 valence electrons. The lowest BCUT2D eigenvalue weighted by Crippen LogP contribution is -2.40. The van der Waals surface area contributed by atoms with Crippen LogP contribution in [0.5, 0.6) is 5.75 Å². The van der Waals surface area contributed by atoms with Crippen molar-refractivity contribution in [3.63, 3.8) is 0 Å². The summed E-state index contributed by atoms with van der Waals surface area (Å²) in [6.45, 7) is 4.00. The van der Waals surface area contributed by atoms with Gasteiger partial charge >= 0.3 is 5.97 Å². The largest absolute Gasteiger partial charge is 0.508 e. The summed E-state index contributed by atoms with van der Waals surface area (Å²) in [7, 11) is 0. The van der Waals surface area contributed by atoms with Gasteiger partial charge < -0.3 is 10.2 Å². The van der Waals surface area contributed by atoms with E-state index >= 15 is 0 Å². The van der Waals surface area contributed by atoms with Crippen LogP contribution in [0.4, 0.5) is 0 Å². The molecular weight excluding hydrogens is 286 g/mol. The molecule has 5 heteroatoms. The lowest BCUT2D eigenvalue weighted by atomic mass is 10.0. The van der Waals surface area contributed by atoms with E-state index in [2.05, 4.69) is 21.2 Å². The van der Waals surface area contributed by atoms with Crippen molar-refractivity contribution in [3.05, 3.63) is 28.2 Å². The topological polar surface area (TPSA) is 69.6 Å². The van der Waals surface area contributed by atoms with E-state index < -0.39 is 12.0 Å². The highest BCUT2D eigenvalue weighted by Gasteiger charge is 2.20. The molecule has 0 saturated carbocycles. The van der Waals surface area contributed by atoms with E-state index in [1.54, 1.807) is 18.2 Å². The first-order chi connectivity index (χ1) is 7.91. The number of rotatable bonds is 5. The molecular formula is C12H16BrNO3. The number of halogens is 1. The molecule has 0 heterocycles. The van der Waals surface area contributed by atoms with Gasteiger partial charge in [0.05, 0.1) is 0 Å². The third-order valence-corrected chi connectivity index (χ3v) is 2.98. The highest BCUT2D eigenvalue weighted by molar-refractivity contribution is 9.10. The van der Waals surface area contributed by atoms with Gasteiger partial charge in [-0.05, 0) is 24.1 Å². The molecule has 1 atom stereocenters. The molecule has 0 spiro atoms. The lowest BCUT2D eigenvalue weighted by molar-refractivity contribution is -0.140. The molecule has 0 bridgehead atoms. The molecule has 0 radical (unpaired) electrons. The Morgan fingerprint density at radius 3 is 2.65 bits per heavy atom. The number of aliphatic carboxylic acids is 1. The minimum atomic E-state index is -0.880. The fraction of sp³-hybridized carbons (Fsp3) is 0.417. The van der Waals surface area contributed by atoms with Crippen molar-refractivity contribution >= 4 is 21.9 Å². The molecule has 0 aliphatic rings. The Labute approximate surface area is 109 Å². The number of benzene rings is 1. The van der Waals surface area contributed by atoms with Gasteiger partial charge in [0.1, 0.15) is 11.8 Å². The summed E-state index contributed by atoms with van der Waals surface area (Å²) in [6, 6.07) is 4.46. The molecule has 0 aliphatic heterocycles. The standard InChI is InChI=1S/C12H16BrNO3/c1-7(2)11(12(16)17)14-6-8-5-9(13)3-4-10(8)15/h3-5,7,11,14-15H,6H2,1-2H3,(H,16,17)/t11-/m0/s1. The molecule has 0 fully saturated rings. The van der Waals surface area contributed by atoms with Gasteiger partial charge in [-0.25, -0.2) is 0 Å². The summed E-state index contributed by atoms with van der Waals surface area (Å²) >= 11 is 3.31. The summed E-state index contributed by atoms with van der Waals surface area (Å²) in [4.78, 5) is 11.0. The van der Waals surface area contributed by atoms with Crippen LogP contribution in [0, 0.1) is 5.92 Å². The number of phenolic OH excluding ortho intramolecular Hbond substituents is 1. The Bertz CT molecular complexity index is 407. The van der Waals surface area contributed by atoms with Gasteiger partial charge in [0.25, 0.3) is 0 Å². The SMILES string of the molecule is CC(C)[C@H](NCc1cc(Br)ccc1O)C(=O)O. The minimum absolute atomic E-state index is 0.0122. The third-order valence-electron chi connectivity index (χ3n) is 2.49. The van der Waals surface area contributed by atoms with Crippen LogP contribution >= 0.6 is 15.9 Å². The predicted molar refractivity (Wildman–Crippen MR) is 68.9 cm³/mol. The van der Waals surface area contributed by atoms with Crippen LogP contribution in [0.2, 0.25) is 0 Å². The first-order valence-corrected chi connectivity index (χ1v) is 6.14. The van der Waals surface area contributed by atoms with Gasteiger partial charge in [-0.3, -0.25) is 10.1 Å². The monoisotopic (exact) mass is 301 g/mol. The Morgan fingerprint density at radius 1 is 1.47 bits per heavy atom. The number of nitrogens with one attached hydrogen (secondary N) is 1. The fourth-order valence-electron chi connectivity index (χ4n) is 1.52. The normalized spacial score (nSPS) is 12.7. The second kappa shape index (κ2) is 6.02. The van der Waals surface area contributed by atoms with E-state index in [0.29, 0.717) is 12.1 Å².